The molecule has 3 N–H and O–H groups in total. The van der Waals surface area contributed by atoms with E-state index in [2.05, 4.69) is 15.6 Å². The Labute approximate surface area is 128 Å². The molecule has 22 heavy (non-hydrogen) atoms. The fourth-order valence-electron chi connectivity index (χ4n) is 2.15. The van der Waals surface area contributed by atoms with E-state index in [1.807, 2.05) is 24.3 Å². The summed E-state index contributed by atoms with van der Waals surface area (Å²) in [7, 11) is 0. The van der Waals surface area contributed by atoms with Crippen LogP contribution < -0.4 is 10.6 Å². The lowest BCUT2D eigenvalue weighted by molar-refractivity contribution is -0.115. The fourth-order valence-corrected chi connectivity index (χ4v) is 2.15. The van der Waals surface area contributed by atoms with Crippen LogP contribution in [-0.2, 0) is 4.79 Å². The van der Waals surface area contributed by atoms with Gasteiger partial charge < -0.3 is 15.7 Å². The van der Waals surface area contributed by atoms with Gasteiger partial charge in [0, 0.05) is 35.0 Å². The van der Waals surface area contributed by atoms with Gasteiger partial charge in [-0.3, -0.25) is 9.79 Å². The first kappa shape index (κ1) is 13.9. The van der Waals surface area contributed by atoms with E-state index < -0.39 is 0 Å². The van der Waals surface area contributed by atoms with Gasteiger partial charge in [0.05, 0.1) is 6.42 Å². The molecule has 1 aliphatic heterocycles. The Kier molecular flexibility index (Phi) is 3.87. The molecule has 3 rings (SSSR count). The summed E-state index contributed by atoms with van der Waals surface area (Å²) < 4.78 is 0. The second-order valence-electron chi connectivity index (χ2n) is 4.92. The Bertz CT molecular complexity index is 749. The summed E-state index contributed by atoms with van der Waals surface area (Å²) in [6, 6.07) is 14.1. The molecule has 0 radical (unpaired) electrons. The summed E-state index contributed by atoms with van der Waals surface area (Å²) in [5, 5.41) is 15.2. The smallest absolute Gasteiger partial charge is 0.230 e. The van der Waals surface area contributed by atoms with E-state index in [1.54, 1.807) is 24.5 Å². The lowest BCUT2D eigenvalue weighted by atomic mass is 10.2. The van der Waals surface area contributed by atoms with Crippen LogP contribution in [0.25, 0.3) is 0 Å². The number of nitrogens with one attached hydrogen (secondary N) is 2. The molecule has 0 bridgehead atoms. The third-order valence-corrected chi connectivity index (χ3v) is 3.20. The summed E-state index contributed by atoms with van der Waals surface area (Å²) in [6.45, 7) is 0. The summed E-state index contributed by atoms with van der Waals surface area (Å²) in [4.78, 5) is 16.3. The van der Waals surface area contributed by atoms with Crippen molar-refractivity contribution in [3.8, 4) is 5.75 Å². The monoisotopic (exact) mass is 293 g/mol. The Balaban J connectivity index is 1.66. The van der Waals surface area contributed by atoms with Crippen molar-refractivity contribution in [1.29, 1.82) is 0 Å². The van der Waals surface area contributed by atoms with Crippen LogP contribution in [0.15, 0.2) is 65.4 Å². The topological polar surface area (TPSA) is 73.7 Å². The molecule has 0 fully saturated rings. The van der Waals surface area contributed by atoms with E-state index in [9.17, 15) is 9.90 Å². The standard InChI is InChI=1S/C17H15N3O2/c21-15-7-5-13(6-8-15)20-17(22)9-14-11-18-10-12-3-1-2-4-16(12)19-14/h1-8,10-11,19,21H,9H2,(H,20,22). The van der Waals surface area contributed by atoms with Gasteiger partial charge in [0.25, 0.3) is 0 Å². The van der Waals surface area contributed by atoms with E-state index in [-0.39, 0.29) is 18.1 Å². The molecule has 0 spiro atoms. The number of fused-ring (bicyclic) bond motifs is 1. The highest BCUT2D eigenvalue weighted by Crippen LogP contribution is 2.20. The minimum absolute atomic E-state index is 0.154. The first-order valence-electron chi connectivity index (χ1n) is 6.88. The summed E-state index contributed by atoms with van der Waals surface area (Å²) in [5.41, 5.74) is 3.26. The number of hydrogen-bond donors (Lipinski definition) is 3. The molecule has 0 atom stereocenters. The highest BCUT2D eigenvalue weighted by molar-refractivity contribution is 5.94. The number of hydrogen-bond acceptors (Lipinski definition) is 4. The number of benzene rings is 2. The van der Waals surface area contributed by atoms with E-state index >= 15 is 0 Å². The molecular weight excluding hydrogens is 278 g/mol. The molecule has 0 aromatic heterocycles. The molecule has 2 aromatic carbocycles. The molecule has 0 aliphatic carbocycles. The quantitative estimate of drug-likeness (QED) is 0.761. The van der Waals surface area contributed by atoms with Crippen molar-refractivity contribution in [3.63, 3.8) is 0 Å². The zero-order valence-electron chi connectivity index (χ0n) is 11.8. The summed E-state index contributed by atoms with van der Waals surface area (Å²) >= 11 is 0. The van der Waals surface area contributed by atoms with Crippen molar-refractivity contribution < 1.29 is 9.90 Å². The molecule has 110 valence electrons. The largest absolute Gasteiger partial charge is 0.508 e. The first-order chi connectivity index (χ1) is 10.7. The number of rotatable bonds is 3. The van der Waals surface area contributed by atoms with Gasteiger partial charge in [-0.1, -0.05) is 18.2 Å². The van der Waals surface area contributed by atoms with Crippen LogP contribution in [0.1, 0.15) is 12.0 Å². The van der Waals surface area contributed by atoms with Crippen molar-refractivity contribution in [2.24, 2.45) is 4.99 Å². The van der Waals surface area contributed by atoms with Crippen LogP contribution in [0, 0.1) is 0 Å². The molecule has 0 unspecified atom stereocenters. The second-order valence-corrected chi connectivity index (χ2v) is 4.92. The van der Waals surface area contributed by atoms with Gasteiger partial charge in [-0.25, -0.2) is 0 Å². The van der Waals surface area contributed by atoms with Crippen molar-refractivity contribution in [1.82, 2.24) is 0 Å². The molecule has 5 heteroatoms. The first-order valence-corrected chi connectivity index (χ1v) is 6.88. The number of aromatic hydroxyl groups is 1. The van der Waals surface area contributed by atoms with Crippen LogP contribution >= 0.6 is 0 Å². The molecule has 1 aliphatic rings. The molecule has 2 aromatic rings. The molecule has 0 saturated carbocycles. The lowest BCUT2D eigenvalue weighted by Gasteiger charge is -2.11. The Morgan fingerprint density at radius 3 is 2.73 bits per heavy atom. The zero-order chi connectivity index (χ0) is 15.4. The SMILES string of the molecule is O=C(CC1=CN=Cc2ccccc2N1)Nc1ccc(O)cc1. The van der Waals surface area contributed by atoms with Gasteiger partial charge in [-0.2, -0.15) is 0 Å². The van der Waals surface area contributed by atoms with Crippen LogP contribution in [0.2, 0.25) is 0 Å². The van der Waals surface area contributed by atoms with Gasteiger partial charge in [0.15, 0.2) is 0 Å². The Morgan fingerprint density at radius 2 is 1.91 bits per heavy atom. The second kappa shape index (κ2) is 6.13. The van der Waals surface area contributed by atoms with Gasteiger partial charge in [-0.15, -0.1) is 0 Å². The Morgan fingerprint density at radius 1 is 1.14 bits per heavy atom. The number of phenols is 1. The minimum Gasteiger partial charge on any atom is -0.508 e. The number of amides is 1. The van der Waals surface area contributed by atoms with Gasteiger partial charge in [0.1, 0.15) is 5.75 Å². The zero-order valence-corrected chi connectivity index (χ0v) is 11.8. The highest BCUT2D eigenvalue weighted by atomic mass is 16.3. The maximum Gasteiger partial charge on any atom is 0.230 e. The van der Waals surface area contributed by atoms with E-state index in [1.165, 1.54) is 12.1 Å². The van der Waals surface area contributed by atoms with Gasteiger partial charge in [-0.05, 0) is 30.3 Å². The van der Waals surface area contributed by atoms with Gasteiger partial charge >= 0.3 is 0 Å². The van der Waals surface area contributed by atoms with E-state index in [0.717, 1.165) is 16.9 Å². The van der Waals surface area contributed by atoms with Crippen molar-refractivity contribution in [3.05, 3.63) is 66.0 Å². The third-order valence-electron chi connectivity index (χ3n) is 3.20. The lowest BCUT2D eigenvalue weighted by Crippen LogP contribution is -2.15. The molecule has 0 saturated heterocycles. The average Bonchev–Trinajstić information content (AvgIpc) is 2.71. The number of anilines is 2. The average molecular weight is 293 g/mol. The van der Waals surface area contributed by atoms with Crippen molar-refractivity contribution >= 4 is 23.5 Å². The maximum absolute atomic E-state index is 12.1. The number of para-hydroxylation sites is 1. The molecular formula is C17H15N3O2. The predicted molar refractivity (Wildman–Crippen MR) is 87.1 cm³/mol. The third kappa shape index (κ3) is 3.32. The number of nitrogens with zero attached hydrogens (tertiary/aromatic N) is 1. The van der Waals surface area contributed by atoms with Crippen LogP contribution in [0.3, 0.4) is 0 Å². The summed E-state index contributed by atoms with van der Waals surface area (Å²) in [6.07, 6.45) is 3.59. The Hall–Kier alpha value is -3.08. The van der Waals surface area contributed by atoms with Crippen molar-refractivity contribution in [2.45, 2.75) is 6.42 Å². The van der Waals surface area contributed by atoms with Crippen LogP contribution in [0.4, 0.5) is 11.4 Å². The van der Waals surface area contributed by atoms with E-state index in [4.69, 9.17) is 0 Å². The molecule has 1 heterocycles. The van der Waals surface area contributed by atoms with E-state index in [0.29, 0.717) is 5.69 Å². The maximum atomic E-state index is 12.1. The molecule has 5 nitrogen and oxygen atoms in total. The number of carbonyl (C=O) groups is 1. The fraction of sp³-hybridized carbons (Fsp3) is 0.0588. The number of aliphatic imine (C=N–C) groups is 1. The highest BCUT2D eigenvalue weighted by Gasteiger charge is 2.10. The van der Waals surface area contributed by atoms with Gasteiger partial charge in [0.2, 0.25) is 5.91 Å². The van der Waals surface area contributed by atoms with Crippen LogP contribution in [-0.4, -0.2) is 17.2 Å². The molecule has 1 amide bonds. The number of phenolic OH excluding ortho intramolecular Hbond substituents is 1. The predicted octanol–water partition coefficient (Wildman–Crippen LogP) is 3.11. The minimum atomic E-state index is -0.154. The normalized spacial score (nSPS) is 12.6. The van der Waals surface area contributed by atoms with Crippen LogP contribution in [0.5, 0.6) is 5.75 Å². The number of carbonyl (C=O) groups excluding carboxylic acids is 1. The van der Waals surface area contributed by atoms with Crippen molar-refractivity contribution in [2.75, 3.05) is 10.6 Å². The summed E-state index contributed by atoms with van der Waals surface area (Å²) in [5.74, 6) is 0.0103.